The van der Waals surface area contributed by atoms with Crippen LogP contribution in [0.4, 0.5) is 5.69 Å². The van der Waals surface area contributed by atoms with Gasteiger partial charge in [0.2, 0.25) is 0 Å². The third-order valence-corrected chi connectivity index (χ3v) is 4.66. The molecule has 0 aromatic heterocycles. The van der Waals surface area contributed by atoms with Gasteiger partial charge in [0.05, 0.1) is 41.3 Å². The van der Waals surface area contributed by atoms with Crippen molar-refractivity contribution in [3.05, 3.63) is 18.2 Å². The first kappa shape index (κ1) is 14.3. The van der Waals surface area contributed by atoms with E-state index in [1.165, 1.54) is 0 Å². The molecule has 0 radical (unpaired) electrons. The van der Waals surface area contributed by atoms with Crippen molar-refractivity contribution in [2.24, 2.45) is 0 Å². The van der Waals surface area contributed by atoms with Crippen molar-refractivity contribution < 1.29 is 13.7 Å². The predicted octanol–water partition coefficient (Wildman–Crippen LogP) is 0.716. The summed E-state index contributed by atoms with van der Waals surface area (Å²) in [6.07, 6.45) is -0.00909. The van der Waals surface area contributed by atoms with Crippen LogP contribution in [0.25, 0.3) is 0 Å². The Kier molecular flexibility index (Phi) is 4.79. The van der Waals surface area contributed by atoms with Crippen LogP contribution in [0.5, 0.6) is 5.75 Å². The van der Waals surface area contributed by atoms with E-state index in [0.29, 0.717) is 28.7 Å². The second-order valence-corrected chi connectivity index (χ2v) is 6.14. The van der Waals surface area contributed by atoms with Crippen LogP contribution in [0.2, 0.25) is 0 Å². The molecule has 1 aliphatic rings. The Hall–Kier alpha value is -1.11. The van der Waals surface area contributed by atoms with Gasteiger partial charge in [0.15, 0.2) is 0 Å². The fourth-order valence-corrected chi connectivity index (χ4v) is 3.36. The molecule has 0 spiro atoms. The summed E-state index contributed by atoms with van der Waals surface area (Å²) in [4.78, 5) is 2.80. The maximum absolute atomic E-state index is 12.4. The summed E-state index contributed by atoms with van der Waals surface area (Å²) in [6, 6.07) is 5.22. The first-order valence-electron chi connectivity index (χ1n) is 6.22. The number of likely N-dealkylation sites (N-methyl/N-ethyl adjacent to an activating group) is 1. The molecule has 1 aromatic carbocycles. The van der Waals surface area contributed by atoms with E-state index in [0.717, 1.165) is 13.1 Å². The lowest BCUT2D eigenvalue weighted by Gasteiger charge is -2.29. The van der Waals surface area contributed by atoms with E-state index in [4.69, 9.17) is 15.2 Å². The third kappa shape index (κ3) is 3.68. The van der Waals surface area contributed by atoms with Gasteiger partial charge in [-0.05, 0) is 25.2 Å². The largest absolute Gasteiger partial charge is 0.497 e. The Morgan fingerprint density at radius 3 is 3.05 bits per heavy atom. The van der Waals surface area contributed by atoms with Crippen molar-refractivity contribution in [2.45, 2.75) is 11.0 Å². The molecule has 5 nitrogen and oxygen atoms in total. The summed E-state index contributed by atoms with van der Waals surface area (Å²) in [5.41, 5.74) is 6.41. The molecule has 2 unspecified atom stereocenters. The maximum Gasteiger partial charge on any atom is 0.120 e. The van der Waals surface area contributed by atoms with E-state index in [1.807, 2.05) is 7.05 Å². The molecule has 2 N–H and O–H groups in total. The van der Waals surface area contributed by atoms with Crippen LogP contribution >= 0.6 is 0 Å². The Morgan fingerprint density at radius 2 is 2.37 bits per heavy atom. The molecule has 106 valence electrons. The number of hydrogen-bond acceptors (Lipinski definition) is 5. The van der Waals surface area contributed by atoms with Gasteiger partial charge in [-0.3, -0.25) is 4.21 Å². The fraction of sp³-hybridized carbons (Fsp3) is 0.538. The molecule has 1 aliphatic heterocycles. The number of anilines is 1. The van der Waals surface area contributed by atoms with Crippen LogP contribution in [0.1, 0.15) is 0 Å². The highest BCUT2D eigenvalue weighted by Crippen LogP contribution is 2.23. The van der Waals surface area contributed by atoms with E-state index in [1.54, 1.807) is 25.3 Å². The highest BCUT2D eigenvalue weighted by molar-refractivity contribution is 7.85. The standard InChI is InChI=1S/C13H20N2O3S/c1-15-5-6-18-11(8-15)9-19(16)13-7-10(17-2)3-4-12(13)14/h3-4,7,11H,5-6,8-9,14H2,1-2H3. The molecule has 0 aliphatic carbocycles. The summed E-state index contributed by atoms with van der Waals surface area (Å²) in [5.74, 6) is 1.13. The molecule has 1 heterocycles. The number of nitrogens with two attached hydrogens (primary N) is 1. The summed E-state index contributed by atoms with van der Waals surface area (Å²) >= 11 is 0. The second-order valence-electron chi connectivity index (χ2n) is 4.67. The van der Waals surface area contributed by atoms with Gasteiger partial charge in [0.1, 0.15) is 5.75 Å². The molecular formula is C13H20N2O3S. The summed E-state index contributed by atoms with van der Waals surface area (Å²) < 4.78 is 23.2. The minimum absolute atomic E-state index is 0.00909. The Balaban J connectivity index is 2.06. The zero-order chi connectivity index (χ0) is 13.8. The Bertz CT molecular complexity index is 467. The smallest absolute Gasteiger partial charge is 0.120 e. The van der Waals surface area contributed by atoms with Crippen LogP contribution < -0.4 is 10.5 Å². The fourth-order valence-electron chi connectivity index (χ4n) is 2.07. The molecule has 0 amide bonds. The van der Waals surface area contributed by atoms with Gasteiger partial charge in [0, 0.05) is 18.8 Å². The molecule has 2 atom stereocenters. The van der Waals surface area contributed by atoms with Gasteiger partial charge in [0.25, 0.3) is 0 Å². The van der Waals surface area contributed by atoms with E-state index in [-0.39, 0.29) is 6.10 Å². The van der Waals surface area contributed by atoms with E-state index < -0.39 is 10.8 Å². The highest BCUT2D eigenvalue weighted by atomic mass is 32.2. The summed E-state index contributed by atoms with van der Waals surface area (Å²) in [5, 5.41) is 0. The molecular weight excluding hydrogens is 264 g/mol. The number of rotatable bonds is 4. The van der Waals surface area contributed by atoms with Crippen molar-refractivity contribution in [3.63, 3.8) is 0 Å². The first-order chi connectivity index (χ1) is 9.10. The Morgan fingerprint density at radius 1 is 1.58 bits per heavy atom. The molecule has 1 saturated heterocycles. The Labute approximate surface area is 116 Å². The second kappa shape index (κ2) is 6.36. The normalized spacial score (nSPS) is 22.1. The molecule has 2 rings (SSSR count). The lowest BCUT2D eigenvalue weighted by molar-refractivity contribution is -0.00640. The summed E-state index contributed by atoms with van der Waals surface area (Å²) in [7, 11) is 2.44. The topological polar surface area (TPSA) is 64.8 Å². The number of hydrogen-bond donors (Lipinski definition) is 1. The minimum atomic E-state index is -1.18. The van der Waals surface area contributed by atoms with Gasteiger partial charge in [-0.25, -0.2) is 0 Å². The molecule has 6 heteroatoms. The molecule has 0 bridgehead atoms. The minimum Gasteiger partial charge on any atom is -0.497 e. The number of morpholine rings is 1. The number of benzene rings is 1. The van der Waals surface area contributed by atoms with Crippen LogP contribution in [-0.2, 0) is 15.5 Å². The van der Waals surface area contributed by atoms with Crippen molar-refractivity contribution in [3.8, 4) is 5.75 Å². The number of methoxy groups -OCH3 is 1. The molecule has 19 heavy (non-hydrogen) atoms. The van der Waals surface area contributed by atoms with E-state index >= 15 is 0 Å². The van der Waals surface area contributed by atoms with E-state index in [2.05, 4.69) is 4.90 Å². The molecule has 0 saturated carbocycles. The average Bonchev–Trinajstić information content (AvgIpc) is 2.39. The van der Waals surface area contributed by atoms with Crippen LogP contribution in [0.3, 0.4) is 0 Å². The predicted molar refractivity (Wildman–Crippen MR) is 75.9 cm³/mol. The zero-order valence-corrected chi connectivity index (χ0v) is 12.1. The van der Waals surface area contributed by atoms with Crippen molar-refractivity contribution in [1.29, 1.82) is 0 Å². The van der Waals surface area contributed by atoms with Crippen molar-refractivity contribution in [2.75, 3.05) is 45.3 Å². The van der Waals surface area contributed by atoms with E-state index in [9.17, 15) is 4.21 Å². The zero-order valence-electron chi connectivity index (χ0n) is 11.3. The number of nitrogens with zero attached hydrogens (tertiary/aromatic N) is 1. The van der Waals surface area contributed by atoms with Gasteiger partial charge < -0.3 is 20.1 Å². The SMILES string of the molecule is COc1ccc(N)c(S(=O)CC2CN(C)CCO2)c1. The van der Waals surface area contributed by atoms with Gasteiger partial charge in [-0.15, -0.1) is 0 Å². The number of ether oxygens (including phenoxy) is 2. The van der Waals surface area contributed by atoms with Crippen molar-refractivity contribution in [1.82, 2.24) is 4.90 Å². The van der Waals surface area contributed by atoms with Crippen LogP contribution in [0.15, 0.2) is 23.1 Å². The lowest BCUT2D eigenvalue weighted by atomic mass is 10.3. The monoisotopic (exact) mass is 284 g/mol. The first-order valence-corrected chi connectivity index (χ1v) is 7.54. The average molecular weight is 284 g/mol. The molecule has 1 aromatic rings. The van der Waals surface area contributed by atoms with Gasteiger partial charge in [-0.2, -0.15) is 0 Å². The molecule has 1 fully saturated rings. The number of nitrogen functional groups attached to an aromatic ring is 1. The summed E-state index contributed by atoms with van der Waals surface area (Å²) in [6.45, 7) is 2.41. The highest BCUT2D eigenvalue weighted by Gasteiger charge is 2.21. The third-order valence-electron chi connectivity index (χ3n) is 3.15. The van der Waals surface area contributed by atoms with Crippen LogP contribution in [-0.4, -0.2) is 54.8 Å². The van der Waals surface area contributed by atoms with Gasteiger partial charge in [-0.1, -0.05) is 0 Å². The maximum atomic E-state index is 12.4. The van der Waals surface area contributed by atoms with Crippen LogP contribution in [0, 0.1) is 0 Å². The van der Waals surface area contributed by atoms with Crippen molar-refractivity contribution >= 4 is 16.5 Å². The van der Waals surface area contributed by atoms with Gasteiger partial charge >= 0.3 is 0 Å². The lowest BCUT2D eigenvalue weighted by Crippen LogP contribution is -2.42. The quantitative estimate of drug-likeness (QED) is 0.825.